The number of nitrogens with zero attached hydrogens (tertiary/aromatic N) is 2. The molecule has 0 aliphatic carbocycles. The summed E-state index contributed by atoms with van der Waals surface area (Å²) >= 11 is 7.23. The lowest BCUT2D eigenvalue weighted by Crippen LogP contribution is -2.09. The van der Waals surface area contributed by atoms with Crippen LogP contribution < -0.4 is 0 Å². The number of aromatic nitrogens is 3. The predicted octanol–water partition coefficient (Wildman–Crippen LogP) is 5.46. The van der Waals surface area contributed by atoms with E-state index >= 15 is 0 Å². The third-order valence-electron chi connectivity index (χ3n) is 4.02. The van der Waals surface area contributed by atoms with Gasteiger partial charge in [-0.05, 0) is 42.0 Å². The van der Waals surface area contributed by atoms with Crippen molar-refractivity contribution < 1.29 is 4.42 Å². The molecule has 0 spiro atoms. The van der Waals surface area contributed by atoms with E-state index in [0.717, 1.165) is 11.6 Å². The van der Waals surface area contributed by atoms with Gasteiger partial charge in [0.05, 0.1) is 18.1 Å². The highest BCUT2D eigenvalue weighted by molar-refractivity contribution is 7.99. The van der Waals surface area contributed by atoms with E-state index < -0.39 is 0 Å². The Bertz CT molecular complexity index is 1010. The first kappa shape index (κ1) is 16.9. The van der Waals surface area contributed by atoms with E-state index in [0.29, 0.717) is 11.3 Å². The molecular formula is C20H17N3OS2. The zero-order chi connectivity index (χ0) is 17.8. The number of benzene rings is 2. The van der Waals surface area contributed by atoms with Crippen molar-refractivity contribution in [1.29, 1.82) is 0 Å². The average Bonchev–Trinajstić information content (AvgIpc) is 3.33. The molecule has 26 heavy (non-hydrogen) atoms. The minimum absolute atomic E-state index is 0.0153. The molecule has 1 atom stereocenters. The minimum atomic E-state index is 0.0153. The van der Waals surface area contributed by atoms with Gasteiger partial charge in [-0.3, -0.25) is 9.67 Å². The molecule has 2 aromatic heterocycles. The van der Waals surface area contributed by atoms with Crippen LogP contribution in [0.25, 0.3) is 0 Å². The molecule has 2 heterocycles. The molecular weight excluding hydrogens is 362 g/mol. The van der Waals surface area contributed by atoms with Crippen molar-refractivity contribution in [3.8, 4) is 0 Å². The molecule has 0 bridgehead atoms. The van der Waals surface area contributed by atoms with Crippen molar-refractivity contribution in [3.05, 3.63) is 101 Å². The van der Waals surface area contributed by atoms with Gasteiger partial charge >= 0.3 is 0 Å². The fourth-order valence-corrected chi connectivity index (χ4v) is 4.14. The van der Waals surface area contributed by atoms with Crippen molar-refractivity contribution in [2.45, 2.75) is 16.7 Å². The smallest absolute Gasteiger partial charge is 0.195 e. The van der Waals surface area contributed by atoms with Crippen molar-refractivity contribution in [1.82, 2.24) is 14.8 Å². The van der Waals surface area contributed by atoms with Gasteiger partial charge in [0.1, 0.15) is 11.6 Å². The highest BCUT2D eigenvalue weighted by atomic mass is 32.2. The molecule has 0 aliphatic heterocycles. The summed E-state index contributed by atoms with van der Waals surface area (Å²) < 4.78 is 8.10. The molecule has 1 N–H and O–H groups in total. The van der Waals surface area contributed by atoms with Gasteiger partial charge in [-0.1, -0.05) is 48.5 Å². The number of aromatic amines is 1. The SMILES string of the molecule is S=c1[nH]nc([C@H](Sc2ccccc2)c2ccccc2)n1Cc1ccco1. The van der Waals surface area contributed by atoms with Gasteiger partial charge in [0.25, 0.3) is 0 Å². The monoisotopic (exact) mass is 379 g/mol. The van der Waals surface area contributed by atoms with Gasteiger partial charge in [0.15, 0.2) is 4.77 Å². The van der Waals surface area contributed by atoms with Gasteiger partial charge in [0.2, 0.25) is 0 Å². The number of hydrogen-bond donors (Lipinski definition) is 1. The van der Waals surface area contributed by atoms with E-state index in [9.17, 15) is 0 Å². The van der Waals surface area contributed by atoms with Crippen LogP contribution in [-0.4, -0.2) is 14.8 Å². The lowest BCUT2D eigenvalue weighted by atomic mass is 10.1. The van der Waals surface area contributed by atoms with Crippen LogP contribution in [0.2, 0.25) is 0 Å². The normalized spacial score (nSPS) is 12.2. The number of rotatable bonds is 6. The van der Waals surface area contributed by atoms with E-state index in [-0.39, 0.29) is 5.25 Å². The highest BCUT2D eigenvalue weighted by Gasteiger charge is 2.22. The van der Waals surface area contributed by atoms with Crippen LogP contribution in [0.3, 0.4) is 0 Å². The van der Waals surface area contributed by atoms with Crippen LogP contribution in [0.15, 0.2) is 88.4 Å². The topological polar surface area (TPSA) is 46.8 Å². The van der Waals surface area contributed by atoms with Crippen molar-refractivity contribution in [2.24, 2.45) is 0 Å². The Hall–Kier alpha value is -2.57. The van der Waals surface area contributed by atoms with Gasteiger partial charge in [-0.25, -0.2) is 0 Å². The average molecular weight is 380 g/mol. The molecule has 130 valence electrons. The molecule has 0 aliphatic rings. The van der Waals surface area contributed by atoms with E-state index in [1.807, 2.05) is 53.1 Å². The van der Waals surface area contributed by atoms with Crippen LogP contribution in [0, 0.1) is 4.77 Å². The van der Waals surface area contributed by atoms with Crippen LogP contribution >= 0.6 is 24.0 Å². The number of hydrogen-bond acceptors (Lipinski definition) is 4. The first-order chi connectivity index (χ1) is 12.8. The molecule has 4 rings (SSSR count). The number of thioether (sulfide) groups is 1. The standard InChI is InChI=1S/C20H17N3OS2/c25-20-22-21-19(23(20)14-16-10-7-13-24-16)18(15-8-3-1-4-9-15)26-17-11-5-2-6-12-17/h1-13,18H,14H2,(H,22,25)/t18-/m1/s1. The van der Waals surface area contributed by atoms with Gasteiger partial charge in [-0.2, -0.15) is 5.10 Å². The second-order valence-electron chi connectivity index (χ2n) is 5.77. The van der Waals surface area contributed by atoms with E-state index in [1.54, 1.807) is 18.0 Å². The lowest BCUT2D eigenvalue weighted by Gasteiger charge is -2.17. The molecule has 4 nitrogen and oxygen atoms in total. The van der Waals surface area contributed by atoms with Gasteiger partial charge < -0.3 is 4.42 Å². The summed E-state index contributed by atoms with van der Waals surface area (Å²) in [5.74, 6) is 1.73. The van der Waals surface area contributed by atoms with E-state index in [4.69, 9.17) is 16.6 Å². The summed E-state index contributed by atoms with van der Waals surface area (Å²) in [6.07, 6.45) is 1.67. The summed E-state index contributed by atoms with van der Waals surface area (Å²) in [5.41, 5.74) is 1.18. The summed E-state index contributed by atoms with van der Waals surface area (Å²) in [6, 6.07) is 24.5. The Morgan fingerprint density at radius 2 is 1.73 bits per heavy atom. The maximum atomic E-state index is 5.50. The third-order valence-corrected chi connectivity index (χ3v) is 5.59. The molecule has 2 aromatic carbocycles. The summed E-state index contributed by atoms with van der Waals surface area (Å²) in [4.78, 5) is 1.18. The fraction of sp³-hybridized carbons (Fsp3) is 0.100. The van der Waals surface area contributed by atoms with Crippen LogP contribution in [0.1, 0.15) is 22.4 Å². The molecule has 0 saturated carbocycles. The summed E-state index contributed by atoms with van der Waals surface area (Å²) in [5, 5.41) is 7.51. The third kappa shape index (κ3) is 3.66. The highest BCUT2D eigenvalue weighted by Crippen LogP contribution is 2.39. The molecule has 4 aromatic rings. The quantitative estimate of drug-likeness (QED) is 0.357. The fourth-order valence-electron chi connectivity index (χ4n) is 2.77. The van der Waals surface area contributed by atoms with Gasteiger partial charge in [-0.15, -0.1) is 11.8 Å². The second kappa shape index (κ2) is 7.76. The Balaban J connectivity index is 1.76. The maximum Gasteiger partial charge on any atom is 0.195 e. The van der Waals surface area contributed by atoms with Crippen LogP contribution in [-0.2, 0) is 6.54 Å². The summed E-state index contributed by atoms with van der Waals surface area (Å²) in [6.45, 7) is 0.552. The molecule has 0 fully saturated rings. The number of H-pyrrole nitrogens is 1. The summed E-state index contributed by atoms with van der Waals surface area (Å²) in [7, 11) is 0. The predicted molar refractivity (Wildman–Crippen MR) is 106 cm³/mol. The largest absolute Gasteiger partial charge is 0.467 e. The van der Waals surface area contributed by atoms with Crippen molar-refractivity contribution >= 4 is 24.0 Å². The Morgan fingerprint density at radius 3 is 2.42 bits per heavy atom. The Kier molecular flexibility index (Phi) is 5.04. The van der Waals surface area contributed by atoms with Crippen LogP contribution in [0.5, 0.6) is 0 Å². The lowest BCUT2D eigenvalue weighted by molar-refractivity contribution is 0.488. The maximum absolute atomic E-state index is 5.50. The first-order valence-electron chi connectivity index (χ1n) is 8.25. The number of nitrogens with one attached hydrogen (secondary N) is 1. The van der Waals surface area contributed by atoms with Crippen molar-refractivity contribution in [3.63, 3.8) is 0 Å². The molecule has 0 saturated heterocycles. The first-order valence-corrected chi connectivity index (χ1v) is 9.54. The molecule has 0 radical (unpaired) electrons. The van der Waals surface area contributed by atoms with Crippen molar-refractivity contribution in [2.75, 3.05) is 0 Å². The molecule has 0 amide bonds. The Morgan fingerprint density at radius 1 is 1.00 bits per heavy atom. The van der Waals surface area contributed by atoms with Crippen LogP contribution in [0.4, 0.5) is 0 Å². The van der Waals surface area contributed by atoms with E-state index in [1.165, 1.54) is 10.5 Å². The van der Waals surface area contributed by atoms with Gasteiger partial charge in [0, 0.05) is 4.90 Å². The zero-order valence-corrected chi connectivity index (χ0v) is 15.5. The minimum Gasteiger partial charge on any atom is -0.467 e. The van der Waals surface area contributed by atoms with E-state index in [2.05, 4.69) is 34.5 Å². The zero-order valence-electron chi connectivity index (χ0n) is 13.9. The molecule has 0 unspecified atom stereocenters. The Labute approximate surface area is 160 Å². The molecule has 6 heteroatoms. The number of furan rings is 1. The second-order valence-corrected chi connectivity index (χ2v) is 7.34.